The van der Waals surface area contributed by atoms with Gasteiger partial charge in [-0.25, -0.2) is 15.0 Å². The zero-order valence-electron chi connectivity index (χ0n) is 15.0. The highest BCUT2D eigenvalue weighted by Gasteiger charge is 2.19. The Morgan fingerprint density at radius 2 is 2.14 bits per heavy atom. The molecule has 0 fully saturated rings. The molecular formula is C18H16N8OS. The van der Waals surface area contributed by atoms with E-state index in [1.54, 1.807) is 18.5 Å². The number of thiazole rings is 1. The van der Waals surface area contributed by atoms with Gasteiger partial charge in [0.25, 0.3) is 5.91 Å². The summed E-state index contributed by atoms with van der Waals surface area (Å²) in [5, 5.41) is 11.1. The zero-order valence-corrected chi connectivity index (χ0v) is 15.8. The lowest BCUT2D eigenvalue weighted by molar-refractivity contribution is 0.101. The maximum atomic E-state index is 12.8. The first-order valence-electron chi connectivity index (χ1n) is 8.66. The van der Waals surface area contributed by atoms with Crippen LogP contribution >= 0.6 is 11.3 Å². The number of hydrogen-bond acceptors (Lipinski definition) is 8. The van der Waals surface area contributed by atoms with E-state index in [0.29, 0.717) is 10.9 Å². The van der Waals surface area contributed by atoms with Crippen LogP contribution in [0.2, 0.25) is 0 Å². The predicted octanol–water partition coefficient (Wildman–Crippen LogP) is 2.78. The molecule has 0 spiro atoms. The molecule has 4 aromatic heterocycles. The molecular weight excluding hydrogens is 376 g/mol. The predicted molar refractivity (Wildman–Crippen MR) is 104 cm³/mol. The molecule has 140 valence electrons. The van der Waals surface area contributed by atoms with Crippen molar-refractivity contribution in [3.63, 3.8) is 0 Å². The van der Waals surface area contributed by atoms with Crippen molar-refractivity contribution in [2.24, 2.45) is 0 Å². The van der Waals surface area contributed by atoms with E-state index in [4.69, 9.17) is 0 Å². The van der Waals surface area contributed by atoms with E-state index >= 15 is 0 Å². The van der Waals surface area contributed by atoms with Crippen LogP contribution in [0.3, 0.4) is 0 Å². The fourth-order valence-electron chi connectivity index (χ4n) is 2.63. The Kier molecular flexibility index (Phi) is 5.11. The molecule has 4 aromatic rings. The highest BCUT2D eigenvalue weighted by molar-refractivity contribution is 7.16. The smallest absolute Gasteiger partial charge is 0.277 e. The molecule has 0 unspecified atom stereocenters. The Morgan fingerprint density at radius 3 is 2.89 bits per heavy atom. The molecule has 1 N–H and O–H groups in total. The number of carbonyl (C=O) groups excluding carboxylic acids is 1. The number of rotatable bonds is 6. The molecule has 4 heterocycles. The van der Waals surface area contributed by atoms with Crippen LogP contribution in [-0.4, -0.2) is 40.8 Å². The molecule has 0 saturated heterocycles. The zero-order chi connectivity index (χ0) is 19.3. The molecule has 0 aliphatic heterocycles. The normalized spacial score (nSPS) is 10.8. The van der Waals surface area contributed by atoms with E-state index in [2.05, 4.69) is 42.5 Å². The maximum absolute atomic E-state index is 12.8. The van der Waals surface area contributed by atoms with Gasteiger partial charge in [0.05, 0.1) is 11.9 Å². The average molecular weight is 392 g/mol. The van der Waals surface area contributed by atoms with E-state index in [-0.39, 0.29) is 11.6 Å². The summed E-state index contributed by atoms with van der Waals surface area (Å²) in [4.78, 5) is 30.8. The number of hydrogen-bond donors (Lipinski definition) is 1. The lowest BCUT2D eigenvalue weighted by Gasteiger charge is -2.04. The van der Waals surface area contributed by atoms with Crippen LogP contribution in [0.5, 0.6) is 0 Å². The first kappa shape index (κ1) is 17.9. The minimum absolute atomic E-state index is 0.255. The molecule has 0 aliphatic rings. The lowest BCUT2D eigenvalue weighted by Crippen LogP contribution is -2.17. The third kappa shape index (κ3) is 3.62. The molecule has 0 saturated carbocycles. The topological polar surface area (TPSA) is 111 Å². The molecule has 0 bridgehead atoms. The fraction of sp³-hybridized carbons (Fsp3) is 0.167. The van der Waals surface area contributed by atoms with Crippen molar-refractivity contribution in [2.75, 3.05) is 5.32 Å². The molecule has 28 heavy (non-hydrogen) atoms. The summed E-state index contributed by atoms with van der Waals surface area (Å²) < 4.78 is 1.36. The second-order valence-electron chi connectivity index (χ2n) is 5.81. The molecule has 4 rings (SSSR count). The van der Waals surface area contributed by atoms with Gasteiger partial charge in [0.1, 0.15) is 12.0 Å². The van der Waals surface area contributed by atoms with Crippen molar-refractivity contribution in [1.82, 2.24) is 34.9 Å². The van der Waals surface area contributed by atoms with Crippen LogP contribution in [0.15, 0.2) is 49.2 Å². The molecule has 0 aliphatic carbocycles. The second-order valence-corrected chi connectivity index (χ2v) is 6.89. The summed E-state index contributed by atoms with van der Waals surface area (Å²) in [5.41, 5.74) is 1.84. The standard InChI is InChI=1S/C18H16N8OS/c1-2-5-14-16(12-6-3-4-8-20-12)23-18(28-14)24-17(27)13-10-22-25-26(13)15-7-9-19-11-21-15/h3-4,6-11H,2,5H2,1H3,(H,23,24,27). The number of pyridine rings is 1. The number of aromatic nitrogens is 7. The average Bonchev–Trinajstić information content (AvgIpc) is 3.37. The summed E-state index contributed by atoms with van der Waals surface area (Å²) in [6.45, 7) is 2.10. The van der Waals surface area contributed by atoms with Gasteiger partial charge in [-0.15, -0.1) is 16.4 Å². The number of carbonyl (C=O) groups is 1. The molecule has 10 heteroatoms. The van der Waals surface area contributed by atoms with Crippen molar-refractivity contribution in [3.05, 3.63) is 59.8 Å². The first-order chi connectivity index (χ1) is 13.8. The SMILES string of the molecule is CCCc1sc(NC(=O)c2cnnn2-c2ccncn2)nc1-c1ccccn1. The van der Waals surface area contributed by atoms with E-state index in [9.17, 15) is 4.79 Å². The van der Waals surface area contributed by atoms with E-state index in [0.717, 1.165) is 29.1 Å². The third-order valence-corrected chi connectivity index (χ3v) is 4.90. The van der Waals surface area contributed by atoms with Crippen LogP contribution in [0, 0.1) is 0 Å². The van der Waals surface area contributed by atoms with Crippen molar-refractivity contribution in [2.45, 2.75) is 19.8 Å². The van der Waals surface area contributed by atoms with E-state index < -0.39 is 0 Å². The minimum atomic E-state index is -0.368. The van der Waals surface area contributed by atoms with Gasteiger partial charge in [0.2, 0.25) is 0 Å². The Bertz CT molecular complexity index is 1080. The second kappa shape index (κ2) is 8.01. The van der Waals surface area contributed by atoms with Crippen LogP contribution in [0.4, 0.5) is 5.13 Å². The quantitative estimate of drug-likeness (QED) is 0.537. The van der Waals surface area contributed by atoms with Crippen molar-refractivity contribution in [3.8, 4) is 17.2 Å². The van der Waals surface area contributed by atoms with Gasteiger partial charge in [-0.3, -0.25) is 15.1 Å². The Balaban J connectivity index is 1.62. The van der Waals surface area contributed by atoms with Crippen molar-refractivity contribution in [1.29, 1.82) is 0 Å². The van der Waals surface area contributed by atoms with Crippen molar-refractivity contribution >= 4 is 22.4 Å². The van der Waals surface area contributed by atoms with Gasteiger partial charge < -0.3 is 0 Å². The largest absolute Gasteiger partial charge is 0.296 e. The monoisotopic (exact) mass is 392 g/mol. The molecule has 0 radical (unpaired) electrons. The van der Waals surface area contributed by atoms with Crippen LogP contribution in [0.25, 0.3) is 17.2 Å². The number of nitrogens with zero attached hydrogens (tertiary/aromatic N) is 7. The van der Waals surface area contributed by atoms with Gasteiger partial charge in [-0.05, 0) is 18.6 Å². The molecule has 9 nitrogen and oxygen atoms in total. The summed E-state index contributed by atoms with van der Waals surface area (Å²) in [5.74, 6) is 0.0885. The Labute approximate surface area is 164 Å². The van der Waals surface area contributed by atoms with E-state index in [1.807, 2.05) is 18.2 Å². The molecule has 0 aromatic carbocycles. The molecule has 0 atom stereocenters. The summed E-state index contributed by atoms with van der Waals surface area (Å²) in [6.07, 6.45) is 7.91. The maximum Gasteiger partial charge on any atom is 0.277 e. The third-order valence-electron chi connectivity index (χ3n) is 3.87. The van der Waals surface area contributed by atoms with Crippen molar-refractivity contribution < 1.29 is 4.79 Å². The highest BCUT2D eigenvalue weighted by Crippen LogP contribution is 2.31. The number of anilines is 1. The van der Waals surface area contributed by atoms with Crippen LogP contribution in [-0.2, 0) is 6.42 Å². The van der Waals surface area contributed by atoms with Crippen LogP contribution < -0.4 is 5.32 Å². The summed E-state index contributed by atoms with van der Waals surface area (Å²) in [7, 11) is 0. The number of aryl methyl sites for hydroxylation is 1. The van der Waals surface area contributed by atoms with Crippen LogP contribution in [0.1, 0.15) is 28.7 Å². The fourth-order valence-corrected chi connectivity index (χ4v) is 3.70. The molecule has 1 amide bonds. The van der Waals surface area contributed by atoms with Gasteiger partial charge in [0, 0.05) is 23.3 Å². The van der Waals surface area contributed by atoms with Gasteiger partial charge in [-0.1, -0.05) is 24.6 Å². The minimum Gasteiger partial charge on any atom is -0.296 e. The first-order valence-corrected chi connectivity index (χ1v) is 9.47. The van der Waals surface area contributed by atoms with Gasteiger partial charge >= 0.3 is 0 Å². The summed E-state index contributed by atoms with van der Waals surface area (Å²) >= 11 is 1.45. The van der Waals surface area contributed by atoms with Gasteiger partial charge in [-0.2, -0.15) is 4.68 Å². The Morgan fingerprint density at radius 1 is 1.21 bits per heavy atom. The lowest BCUT2D eigenvalue weighted by atomic mass is 10.2. The number of nitrogens with one attached hydrogen (secondary N) is 1. The van der Waals surface area contributed by atoms with E-state index in [1.165, 1.54) is 28.5 Å². The Hall–Kier alpha value is -3.53. The summed E-state index contributed by atoms with van der Waals surface area (Å²) in [6, 6.07) is 7.34. The number of amides is 1. The highest BCUT2D eigenvalue weighted by atomic mass is 32.1. The van der Waals surface area contributed by atoms with Gasteiger partial charge in [0.15, 0.2) is 16.6 Å².